The predicted octanol–water partition coefficient (Wildman–Crippen LogP) is 2.84. The molecule has 16 heavy (non-hydrogen) atoms. The summed E-state index contributed by atoms with van der Waals surface area (Å²) in [6.45, 7) is 2.01. The Bertz CT molecular complexity index is 378. The Morgan fingerprint density at radius 2 is 2.06 bits per heavy atom. The molecule has 0 amide bonds. The highest BCUT2D eigenvalue weighted by molar-refractivity contribution is 9.10. The van der Waals surface area contributed by atoms with Gasteiger partial charge < -0.3 is 10.4 Å². The molecule has 0 bridgehead atoms. The van der Waals surface area contributed by atoms with Crippen molar-refractivity contribution in [1.82, 2.24) is 5.32 Å². The molecule has 1 heterocycles. The molecule has 0 saturated carbocycles. The Kier molecular flexibility index (Phi) is 3.82. The lowest BCUT2D eigenvalue weighted by Gasteiger charge is -2.23. The Labute approximate surface area is 103 Å². The van der Waals surface area contributed by atoms with Crippen molar-refractivity contribution in [1.29, 1.82) is 0 Å². The van der Waals surface area contributed by atoms with E-state index in [9.17, 15) is 9.50 Å². The zero-order valence-electron chi connectivity index (χ0n) is 8.97. The summed E-state index contributed by atoms with van der Waals surface area (Å²) in [6, 6.07) is 2.71. The van der Waals surface area contributed by atoms with Gasteiger partial charge >= 0.3 is 0 Å². The first-order valence-corrected chi connectivity index (χ1v) is 6.34. The first-order chi connectivity index (χ1) is 7.68. The number of rotatable bonds is 2. The number of benzene rings is 1. The molecule has 0 spiro atoms. The van der Waals surface area contributed by atoms with E-state index >= 15 is 0 Å². The number of piperidine rings is 1. The van der Waals surface area contributed by atoms with E-state index in [4.69, 9.17) is 0 Å². The van der Waals surface area contributed by atoms with Crippen LogP contribution in [0.3, 0.4) is 0 Å². The fourth-order valence-electron chi connectivity index (χ4n) is 2.15. The van der Waals surface area contributed by atoms with Crippen LogP contribution in [-0.2, 0) is 6.42 Å². The van der Waals surface area contributed by atoms with Crippen LogP contribution < -0.4 is 5.32 Å². The van der Waals surface area contributed by atoms with E-state index < -0.39 is 0 Å². The molecule has 0 unspecified atom stereocenters. The molecule has 4 heteroatoms. The highest BCUT2D eigenvalue weighted by Gasteiger charge is 2.18. The van der Waals surface area contributed by atoms with Gasteiger partial charge in [0.1, 0.15) is 11.6 Å². The lowest BCUT2D eigenvalue weighted by Crippen LogP contribution is -2.28. The summed E-state index contributed by atoms with van der Waals surface area (Å²) < 4.78 is 14.1. The Balaban J connectivity index is 2.16. The molecule has 2 nitrogen and oxygen atoms in total. The molecule has 0 aliphatic carbocycles. The van der Waals surface area contributed by atoms with Gasteiger partial charge in [-0.05, 0) is 66.3 Å². The highest BCUT2D eigenvalue weighted by Crippen LogP contribution is 2.32. The molecule has 1 aliphatic rings. The average molecular weight is 288 g/mol. The number of nitrogens with one attached hydrogen (secondary N) is 1. The second kappa shape index (κ2) is 5.15. The smallest absolute Gasteiger partial charge is 0.130 e. The van der Waals surface area contributed by atoms with Crippen molar-refractivity contribution in [2.45, 2.75) is 19.3 Å². The molecule has 1 aromatic rings. The highest BCUT2D eigenvalue weighted by atomic mass is 79.9. The molecule has 88 valence electrons. The monoisotopic (exact) mass is 287 g/mol. The van der Waals surface area contributed by atoms with Crippen LogP contribution in [0, 0.1) is 11.7 Å². The first-order valence-electron chi connectivity index (χ1n) is 5.55. The summed E-state index contributed by atoms with van der Waals surface area (Å²) in [5.41, 5.74) is 0.604. The van der Waals surface area contributed by atoms with Gasteiger partial charge in [0, 0.05) is 5.56 Å². The SMILES string of the molecule is Oc1ccc(F)c(CC2CCNCC2)c1Br. The van der Waals surface area contributed by atoms with Crippen molar-refractivity contribution < 1.29 is 9.50 Å². The van der Waals surface area contributed by atoms with E-state index in [0.29, 0.717) is 22.4 Å². The van der Waals surface area contributed by atoms with E-state index in [2.05, 4.69) is 21.2 Å². The molecule has 1 aromatic carbocycles. The minimum Gasteiger partial charge on any atom is -0.507 e. The molecule has 0 radical (unpaired) electrons. The van der Waals surface area contributed by atoms with Crippen LogP contribution in [0.2, 0.25) is 0 Å². The largest absolute Gasteiger partial charge is 0.507 e. The van der Waals surface area contributed by atoms with Crippen LogP contribution >= 0.6 is 15.9 Å². The molecule has 1 saturated heterocycles. The molecule has 2 N–H and O–H groups in total. The van der Waals surface area contributed by atoms with Gasteiger partial charge in [0.2, 0.25) is 0 Å². The quantitative estimate of drug-likeness (QED) is 0.877. The third kappa shape index (κ3) is 2.55. The molecule has 2 rings (SSSR count). The lowest BCUT2D eigenvalue weighted by atomic mass is 9.91. The summed E-state index contributed by atoms with van der Waals surface area (Å²) in [4.78, 5) is 0. The van der Waals surface area contributed by atoms with Crippen LogP contribution in [0.4, 0.5) is 4.39 Å². The van der Waals surface area contributed by atoms with Crippen molar-refractivity contribution in [2.24, 2.45) is 5.92 Å². The van der Waals surface area contributed by atoms with Crippen LogP contribution in [0.1, 0.15) is 18.4 Å². The molecule has 0 atom stereocenters. The van der Waals surface area contributed by atoms with E-state index in [-0.39, 0.29) is 11.6 Å². The number of aromatic hydroxyl groups is 1. The van der Waals surface area contributed by atoms with E-state index in [0.717, 1.165) is 25.9 Å². The van der Waals surface area contributed by atoms with Gasteiger partial charge in [0.15, 0.2) is 0 Å². The predicted molar refractivity (Wildman–Crippen MR) is 65.1 cm³/mol. The van der Waals surface area contributed by atoms with Gasteiger partial charge in [0.05, 0.1) is 4.47 Å². The summed E-state index contributed by atoms with van der Waals surface area (Å²) >= 11 is 3.25. The minimum absolute atomic E-state index is 0.116. The summed E-state index contributed by atoms with van der Waals surface area (Å²) in [5.74, 6) is 0.391. The van der Waals surface area contributed by atoms with Gasteiger partial charge in [-0.3, -0.25) is 0 Å². The summed E-state index contributed by atoms with van der Waals surface area (Å²) in [6.07, 6.45) is 2.84. The molecule has 1 fully saturated rings. The topological polar surface area (TPSA) is 32.3 Å². The van der Waals surface area contributed by atoms with E-state index in [1.807, 2.05) is 0 Å². The van der Waals surface area contributed by atoms with Gasteiger partial charge in [-0.25, -0.2) is 4.39 Å². The fourth-order valence-corrected chi connectivity index (χ4v) is 2.63. The first kappa shape index (κ1) is 11.9. The van der Waals surface area contributed by atoms with Crippen LogP contribution in [0.25, 0.3) is 0 Å². The van der Waals surface area contributed by atoms with Crippen LogP contribution in [0.15, 0.2) is 16.6 Å². The van der Waals surface area contributed by atoms with Gasteiger partial charge in [-0.15, -0.1) is 0 Å². The Morgan fingerprint density at radius 1 is 1.38 bits per heavy atom. The minimum atomic E-state index is -0.233. The van der Waals surface area contributed by atoms with Crippen molar-refractivity contribution >= 4 is 15.9 Å². The van der Waals surface area contributed by atoms with E-state index in [1.165, 1.54) is 12.1 Å². The Morgan fingerprint density at radius 3 is 2.75 bits per heavy atom. The molecule has 0 aromatic heterocycles. The maximum Gasteiger partial charge on any atom is 0.130 e. The van der Waals surface area contributed by atoms with Crippen molar-refractivity contribution in [3.8, 4) is 5.75 Å². The zero-order chi connectivity index (χ0) is 11.5. The molecule has 1 aliphatic heterocycles. The average Bonchev–Trinajstić information content (AvgIpc) is 2.31. The standard InChI is InChI=1S/C12H15BrFNO/c13-12-9(10(14)1-2-11(12)16)7-8-3-5-15-6-4-8/h1-2,8,15-16H,3-7H2. The number of halogens is 2. The number of phenols is 1. The van der Waals surface area contributed by atoms with Crippen LogP contribution in [-0.4, -0.2) is 18.2 Å². The van der Waals surface area contributed by atoms with Crippen LogP contribution in [0.5, 0.6) is 5.75 Å². The molecular weight excluding hydrogens is 273 g/mol. The third-order valence-electron chi connectivity index (χ3n) is 3.12. The summed E-state index contributed by atoms with van der Waals surface area (Å²) in [7, 11) is 0. The number of phenolic OH excluding ortho intramolecular Hbond substituents is 1. The van der Waals surface area contributed by atoms with Crippen molar-refractivity contribution in [3.63, 3.8) is 0 Å². The van der Waals surface area contributed by atoms with Gasteiger partial charge in [-0.1, -0.05) is 0 Å². The van der Waals surface area contributed by atoms with Gasteiger partial charge in [0.25, 0.3) is 0 Å². The zero-order valence-corrected chi connectivity index (χ0v) is 10.6. The second-order valence-corrected chi connectivity index (χ2v) is 5.05. The molecular formula is C12H15BrFNO. The summed E-state index contributed by atoms with van der Waals surface area (Å²) in [5, 5.41) is 12.8. The number of hydrogen-bond donors (Lipinski definition) is 2. The van der Waals surface area contributed by atoms with E-state index in [1.54, 1.807) is 0 Å². The second-order valence-electron chi connectivity index (χ2n) is 4.26. The maximum absolute atomic E-state index is 13.6. The lowest BCUT2D eigenvalue weighted by molar-refractivity contribution is 0.367. The maximum atomic E-state index is 13.6. The fraction of sp³-hybridized carbons (Fsp3) is 0.500. The number of hydrogen-bond acceptors (Lipinski definition) is 2. The van der Waals surface area contributed by atoms with Crippen molar-refractivity contribution in [3.05, 3.63) is 28.0 Å². The van der Waals surface area contributed by atoms with Gasteiger partial charge in [-0.2, -0.15) is 0 Å². The van der Waals surface area contributed by atoms with Crippen molar-refractivity contribution in [2.75, 3.05) is 13.1 Å². The Hall–Kier alpha value is -0.610. The third-order valence-corrected chi connectivity index (χ3v) is 4.00. The normalized spacial score (nSPS) is 17.6.